The fourth-order valence-electron chi connectivity index (χ4n) is 2.67. The van der Waals surface area contributed by atoms with Gasteiger partial charge in [-0.2, -0.15) is 4.80 Å². The van der Waals surface area contributed by atoms with Crippen LogP contribution < -0.4 is 5.32 Å². The van der Waals surface area contributed by atoms with Crippen molar-refractivity contribution in [1.29, 1.82) is 0 Å². The van der Waals surface area contributed by atoms with Crippen LogP contribution in [0.1, 0.15) is 16.6 Å². The lowest BCUT2D eigenvalue weighted by molar-refractivity contribution is -0.122. The molecule has 4 rings (SSSR count). The molecule has 0 saturated heterocycles. The molecule has 140 valence electrons. The van der Waals surface area contributed by atoms with Gasteiger partial charge >= 0.3 is 0 Å². The Balaban J connectivity index is 1.48. The highest BCUT2D eigenvalue weighted by Crippen LogP contribution is 2.23. The van der Waals surface area contributed by atoms with E-state index in [9.17, 15) is 4.79 Å². The Kier molecular flexibility index (Phi) is 5.41. The molecule has 0 fully saturated rings. The van der Waals surface area contributed by atoms with Crippen LogP contribution >= 0.6 is 22.9 Å². The molecule has 0 aliphatic carbocycles. The third-order valence-electron chi connectivity index (χ3n) is 3.98. The number of tetrazole rings is 1. The van der Waals surface area contributed by atoms with Crippen molar-refractivity contribution < 1.29 is 4.79 Å². The zero-order valence-corrected chi connectivity index (χ0v) is 16.1. The van der Waals surface area contributed by atoms with Gasteiger partial charge in [-0.1, -0.05) is 41.9 Å². The van der Waals surface area contributed by atoms with Gasteiger partial charge < -0.3 is 5.32 Å². The Morgan fingerprint density at radius 3 is 2.64 bits per heavy atom. The van der Waals surface area contributed by atoms with Gasteiger partial charge in [-0.25, -0.2) is 4.98 Å². The summed E-state index contributed by atoms with van der Waals surface area (Å²) in [5, 5.41) is 18.6. The minimum atomic E-state index is -0.326. The Morgan fingerprint density at radius 1 is 1.14 bits per heavy atom. The minimum Gasteiger partial charge on any atom is -0.341 e. The quantitative estimate of drug-likeness (QED) is 0.526. The molecule has 2 aromatic carbocycles. The molecule has 0 bridgehead atoms. The van der Waals surface area contributed by atoms with Crippen LogP contribution in [0.2, 0.25) is 5.02 Å². The predicted octanol–water partition coefficient (Wildman–Crippen LogP) is 3.36. The minimum absolute atomic E-state index is 0.0463. The molecule has 0 spiro atoms. The van der Waals surface area contributed by atoms with Crippen LogP contribution in [0.15, 0.2) is 66.2 Å². The van der Waals surface area contributed by atoms with Gasteiger partial charge in [-0.15, -0.1) is 21.5 Å². The van der Waals surface area contributed by atoms with Crippen molar-refractivity contribution in [2.24, 2.45) is 0 Å². The van der Waals surface area contributed by atoms with Crippen molar-refractivity contribution in [3.63, 3.8) is 0 Å². The molecule has 2 aromatic heterocycles. The largest absolute Gasteiger partial charge is 0.341 e. The second-order valence-electron chi connectivity index (χ2n) is 5.93. The highest BCUT2D eigenvalue weighted by molar-refractivity contribution is 7.09. The van der Waals surface area contributed by atoms with Crippen LogP contribution in [0.5, 0.6) is 0 Å². The van der Waals surface area contributed by atoms with Crippen molar-refractivity contribution in [1.82, 2.24) is 30.5 Å². The molecule has 9 heteroatoms. The van der Waals surface area contributed by atoms with Crippen molar-refractivity contribution >= 4 is 28.8 Å². The summed E-state index contributed by atoms with van der Waals surface area (Å²) in [5.41, 5.74) is 1.74. The molecule has 0 aliphatic heterocycles. The first kappa shape index (κ1) is 18.3. The first-order chi connectivity index (χ1) is 13.7. The van der Waals surface area contributed by atoms with Gasteiger partial charge in [0, 0.05) is 22.2 Å². The maximum absolute atomic E-state index is 12.6. The Bertz CT molecular complexity index is 1050. The van der Waals surface area contributed by atoms with Crippen LogP contribution in [0.3, 0.4) is 0 Å². The van der Waals surface area contributed by atoms with E-state index < -0.39 is 0 Å². The van der Waals surface area contributed by atoms with Crippen molar-refractivity contribution in [3.8, 4) is 11.4 Å². The first-order valence-electron chi connectivity index (χ1n) is 8.46. The number of carbonyl (C=O) groups excluding carboxylic acids is 1. The van der Waals surface area contributed by atoms with Crippen molar-refractivity contribution in [3.05, 3.63) is 81.8 Å². The Labute approximate surface area is 170 Å². The lowest BCUT2D eigenvalue weighted by Crippen LogP contribution is -2.32. The normalized spacial score (nSPS) is 11.9. The topological polar surface area (TPSA) is 85.6 Å². The van der Waals surface area contributed by atoms with E-state index in [-0.39, 0.29) is 18.5 Å². The summed E-state index contributed by atoms with van der Waals surface area (Å²) in [6, 6.07) is 16.5. The molecular weight excluding hydrogens is 396 g/mol. The average molecular weight is 411 g/mol. The van der Waals surface area contributed by atoms with E-state index in [0.29, 0.717) is 10.8 Å². The monoisotopic (exact) mass is 410 g/mol. The number of hydrogen-bond acceptors (Lipinski definition) is 6. The lowest BCUT2D eigenvalue weighted by Gasteiger charge is -2.16. The van der Waals surface area contributed by atoms with E-state index in [1.807, 2.05) is 35.7 Å². The summed E-state index contributed by atoms with van der Waals surface area (Å²) < 4.78 is 0. The molecule has 0 aliphatic rings. The highest BCUT2D eigenvalue weighted by atomic mass is 35.5. The second kappa shape index (κ2) is 8.28. The lowest BCUT2D eigenvalue weighted by atomic mass is 10.1. The third kappa shape index (κ3) is 4.24. The molecule has 0 radical (unpaired) electrons. The number of thiazole rings is 1. The zero-order valence-electron chi connectivity index (χ0n) is 14.6. The number of nitrogens with one attached hydrogen (secondary N) is 1. The number of rotatable bonds is 6. The number of carbonyl (C=O) groups is 1. The van der Waals surface area contributed by atoms with Gasteiger partial charge in [-0.3, -0.25) is 4.79 Å². The number of aromatic nitrogens is 5. The average Bonchev–Trinajstić information content (AvgIpc) is 3.40. The molecule has 1 unspecified atom stereocenters. The van der Waals surface area contributed by atoms with Gasteiger partial charge in [-0.05, 0) is 35.0 Å². The fourth-order valence-corrected chi connectivity index (χ4v) is 3.51. The molecule has 0 saturated carbocycles. The third-order valence-corrected chi connectivity index (χ3v) is 5.07. The maximum Gasteiger partial charge on any atom is 0.244 e. The smallest absolute Gasteiger partial charge is 0.244 e. The van der Waals surface area contributed by atoms with E-state index in [1.54, 1.807) is 30.5 Å². The molecule has 1 atom stereocenters. The molecule has 28 heavy (non-hydrogen) atoms. The van der Waals surface area contributed by atoms with Crippen molar-refractivity contribution in [2.75, 3.05) is 0 Å². The summed E-state index contributed by atoms with van der Waals surface area (Å²) >= 11 is 7.39. The van der Waals surface area contributed by atoms with Gasteiger partial charge in [0.2, 0.25) is 11.7 Å². The summed E-state index contributed by atoms with van der Waals surface area (Å²) in [6.07, 6.45) is 1.72. The second-order valence-corrected chi connectivity index (χ2v) is 7.29. The van der Waals surface area contributed by atoms with Gasteiger partial charge in [0.15, 0.2) is 0 Å². The van der Waals surface area contributed by atoms with Crippen LogP contribution in [0, 0.1) is 0 Å². The van der Waals surface area contributed by atoms with E-state index in [0.717, 1.165) is 16.1 Å². The molecular formula is C19H15ClN6OS. The predicted molar refractivity (Wildman–Crippen MR) is 107 cm³/mol. The SMILES string of the molecule is O=C(Cn1nnc(-c2ccc(Cl)cc2)n1)NC(c1ccccc1)c1nccs1. The molecule has 1 amide bonds. The van der Waals surface area contributed by atoms with Gasteiger partial charge in [0.1, 0.15) is 17.6 Å². The van der Waals surface area contributed by atoms with Crippen LogP contribution in [0.4, 0.5) is 0 Å². The van der Waals surface area contributed by atoms with Crippen LogP contribution in [-0.2, 0) is 11.3 Å². The zero-order chi connectivity index (χ0) is 19.3. The van der Waals surface area contributed by atoms with E-state index in [1.165, 1.54) is 16.1 Å². The van der Waals surface area contributed by atoms with Crippen LogP contribution in [0.25, 0.3) is 11.4 Å². The molecule has 1 N–H and O–H groups in total. The molecule has 4 aromatic rings. The number of nitrogens with zero attached hydrogens (tertiary/aromatic N) is 5. The summed E-state index contributed by atoms with van der Waals surface area (Å²) in [5.74, 6) is 0.202. The standard InChI is InChI=1S/C19H15ClN6OS/c20-15-8-6-14(7-9-15)18-23-25-26(24-18)12-16(27)22-17(19-21-10-11-28-19)13-4-2-1-3-5-13/h1-11,17H,12H2,(H,22,27). The Morgan fingerprint density at radius 2 is 1.93 bits per heavy atom. The number of halogens is 1. The summed E-state index contributed by atoms with van der Waals surface area (Å²) in [6.45, 7) is -0.0463. The van der Waals surface area contributed by atoms with Crippen LogP contribution in [-0.4, -0.2) is 31.1 Å². The Hall–Kier alpha value is -3.10. The highest BCUT2D eigenvalue weighted by Gasteiger charge is 2.20. The first-order valence-corrected chi connectivity index (χ1v) is 9.72. The van der Waals surface area contributed by atoms with E-state index in [4.69, 9.17) is 11.6 Å². The number of amides is 1. The summed E-state index contributed by atoms with van der Waals surface area (Å²) in [7, 11) is 0. The number of hydrogen-bond donors (Lipinski definition) is 1. The molecule has 2 heterocycles. The number of benzene rings is 2. The summed E-state index contributed by atoms with van der Waals surface area (Å²) in [4.78, 5) is 18.2. The van der Waals surface area contributed by atoms with E-state index >= 15 is 0 Å². The maximum atomic E-state index is 12.6. The van der Waals surface area contributed by atoms with Gasteiger partial charge in [0.25, 0.3) is 0 Å². The molecule has 7 nitrogen and oxygen atoms in total. The fraction of sp³-hybridized carbons (Fsp3) is 0.105. The van der Waals surface area contributed by atoms with Crippen molar-refractivity contribution in [2.45, 2.75) is 12.6 Å². The van der Waals surface area contributed by atoms with E-state index in [2.05, 4.69) is 25.7 Å². The van der Waals surface area contributed by atoms with Gasteiger partial charge in [0.05, 0.1) is 0 Å².